The zero-order valence-corrected chi connectivity index (χ0v) is 15.2. The van der Waals surface area contributed by atoms with E-state index in [1.54, 1.807) is 13.3 Å². The first kappa shape index (κ1) is 17.5. The van der Waals surface area contributed by atoms with Crippen molar-refractivity contribution in [2.75, 3.05) is 13.7 Å². The summed E-state index contributed by atoms with van der Waals surface area (Å²) in [5.74, 6) is 0.0364. The Morgan fingerprint density at radius 3 is 2.67 bits per heavy atom. The molecular formula is C22H22N2O3. The monoisotopic (exact) mass is 362 g/mol. The number of likely N-dealkylation sites (tertiary alicyclic amines) is 1. The number of hydrogen-bond donors (Lipinski definition) is 1. The molecule has 0 aliphatic carbocycles. The first-order chi connectivity index (χ1) is 13.2. The van der Waals surface area contributed by atoms with E-state index < -0.39 is 12.0 Å². The molecule has 2 heterocycles. The summed E-state index contributed by atoms with van der Waals surface area (Å²) >= 11 is 0. The van der Waals surface area contributed by atoms with Crippen molar-refractivity contribution in [2.45, 2.75) is 24.9 Å². The number of nitrogens with zero attached hydrogens (tertiary/aromatic N) is 2. The summed E-state index contributed by atoms with van der Waals surface area (Å²) in [5.41, 5.74) is 2.16. The number of carboxylic acid groups (broad SMARTS) is 1. The van der Waals surface area contributed by atoms with Crippen LogP contribution in [0.4, 0.5) is 0 Å². The Labute approximate surface area is 158 Å². The molecule has 4 rings (SSSR count). The minimum absolute atomic E-state index is 0.114. The van der Waals surface area contributed by atoms with Gasteiger partial charge in [0.25, 0.3) is 0 Å². The highest BCUT2D eigenvalue weighted by Crippen LogP contribution is 2.36. The van der Waals surface area contributed by atoms with Crippen LogP contribution in [0, 0.1) is 0 Å². The van der Waals surface area contributed by atoms with E-state index in [1.807, 2.05) is 36.5 Å². The van der Waals surface area contributed by atoms with Crippen molar-refractivity contribution >= 4 is 16.7 Å². The van der Waals surface area contributed by atoms with Gasteiger partial charge in [-0.1, -0.05) is 24.3 Å². The number of benzene rings is 2. The number of aliphatic carboxylic acids is 1. The van der Waals surface area contributed by atoms with E-state index in [1.165, 1.54) is 0 Å². The number of pyridine rings is 1. The highest BCUT2D eigenvalue weighted by molar-refractivity contribution is 5.82. The summed E-state index contributed by atoms with van der Waals surface area (Å²) in [4.78, 5) is 18.1. The maximum Gasteiger partial charge on any atom is 0.320 e. The average Bonchev–Trinajstić information content (AvgIpc) is 3.18. The van der Waals surface area contributed by atoms with E-state index >= 15 is 0 Å². The molecule has 0 saturated carbocycles. The molecule has 0 radical (unpaired) electrons. The lowest BCUT2D eigenvalue weighted by molar-refractivity contribution is -0.142. The second-order valence-corrected chi connectivity index (χ2v) is 6.89. The van der Waals surface area contributed by atoms with Gasteiger partial charge in [0.2, 0.25) is 0 Å². The Bertz CT molecular complexity index is 955. The van der Waals surface area contributed by atoms with Crippen LogP contribution >= 0.6 is 0 Å². The third-order valence-electron chi connectivity index (χ3n) is 5.32. The highest BCUT2D eigenvalue weighted by Gasteiger charge is 2.36. The van der Waals surface area contributed by atoms with E-state index in [0.717, 1.165) is 40.6 Å². The van der Waals surface area contributed by atoms with Crippen LogP contribution in [0.15, 0.2) is 60.9 Å². The quantitative estimate of drug-likeness (QED) is 0.746. The molecule has 27 heavy (non-hydrogen) atoms. The highest BCUT2D eigenvalue weighted by atomic mass is 16.5. The summed E-state index contributed by atoms with van der Waals surface area (Å²) in [6.45, 7) is 0.766. The second kappa shape index (κ2) is 7.37. The van der Waals surface area contributed by atoms with Crippen LogP contribution in [-0.2, 0) is 4.79 Å². The van der Waals surface area contributed by atoms with Crippen molar-refractivity contribution in [3.63, 3.8) is 0 Å². The van der Waals surface area contributed by atoms with E-state index in [-0.39, 0.29) is 6.04 Å². The van der Waals surface area contributed by atoms with Crippen LogP contribution in [0.25, 0.3) is 10.8 Å². The fourth-order valence-corrected chi connectivity index (χ4v) is 4.00. The van der Waals surface area contributed by atoms with Gasteiger partial charge in [-0.05, 0) is 53.6 Å². The maximum atomic E-state index is 11.8. The summed E-state index contributed by atoms with van der Waals surface area (Å²) < 4.78 is 5.28. The van der Waals surface area contributed by atoms with E-state index in [4.69, 9.17) is 4.74 Å². The maximum absolute atomic E-state index is 11.8. The summed E-state index contributed by atoms with van der Waals surface area (Å²) in [5, 5.41) is 11.9. The molecule has 0 bridgehead atoms. The van der Waals surface area contributed by atoms with Crippen molar-refractivity contribution in [2.24, 2.45) is 0 Å². The molecule has 1 N–H and O–H groups in total. The van der Waals surface area contributed by atoms with Crippen molar-refractivity contribution in [3.8, 4) is 5.75 Å². The molecule has 1 aliphatic heterocycles. The van der Waals surface area contributed by atoms with Gasteiger partial charge in [0.05, 0.1) is 13.2 Å². The van der Waals surface area contributed by atoms with Crippen molar-refractivity contribution < 1.29 is 14.6 Å². The van der Waals surface area contributed by atoms with Crippen molar-refractivity contribution in [3.05, 3.63) is 72.1 Å². The Balaban J connectivity index is 1.82. The predicted molar refractivity (Wildman–Crippen MR) is 104 cm³/mol. The fraction of sp³-hybridized carbons (Fsp3) is 0.273. The molecule has 0 spiro atoms. The molecular weight excluding hydrogens is 340 g/mol. The number of rotatable bonds is 5. The predicted octanol–water partition coefficient (Wildman–Crippen LogP) is 3.88. The first-order valence-electron chi connectivity index (χ1n) is 9.13. The summed E-state index contributed by atoms with van der Waals surface area (Å²) in [6, 6.07) is 15.6. The Morgan fingerprint density at radius 2 is 1.93 bits per heavy atom. The van der Waals surface area contributed by atoms with Crippen LogP contribution in [0.3, 0.4) is 0 Å². The summed E-state index contributed by atoms with van der Waals surface area (Å²) in [6.07, 6.45) is 5.20. The molecule has 3 aromatic rings. The normalized spacial score (nSPS) is 18.5. The number of methoxy groups -OCH3 is 1. The molecule has 0 amide bonds. The molecule has 138 valence electrons. The Kier molecular flexibility index (Phi) is 4.77. The molecule has 5 nitrogen and oxygen atoms in total. The van der Waals surface area contributed by atoms with Crippen molar-refractivity contribution in [1.82, 2.24) is 9.88 Å². The third kappa shape index (κ3) is 3.38. The van der Waals surface area contributed by atoms with E-state index in [2.05, 4.69) is 28.1 Å². The van der Waals surface area contributed by atoms with Gasteiger partial charge in [-0.25, -0.2) is 0 Å². The van der Waals surface area contributed by atoms with Crippen LogP contribution in [0.2, 0.25) is 0 Å². The summed E-state index contributed by atoms with van der Waals surface area (Å²) in [7, 11) is 1.64. The van der Waals surface area contributed by atoms with Crippen LogP contribution in [0.5, 0.6) is 5.75 Å². The second-order valence-electron chi connectivity index (χ2n) is 6.89. The lowest BCUT2D eigenvalue weighted by atomic mass is 9.94. The first-order valence-corrected chi connectivity index (χ1v) is 9.13. The lowest BCUT2D eigenvalue weighted by Crippen LogP contribution is -2.39. The number of carboxylic acids is 1. The molecule has 1 fully saturated rings. The molecule has 2 unspecified atom stereocenters. The fourth-order valence-electron chi connectivity index (χ4n) is 4.00. The van der Waals surface area contributed by atoms with Gasteiger partial charge in [0.1, 0.15) is 11.8 Å². The Morgan fingerprint density at radius 1 is 1.15 bits per heavy atom. The molecule has 1 saturated heterocycles. The SMILES string of the molecule is COc1ccc(C(c2ccc3cnccc3c2)N2CCCC2C(=O)O)cc1. The van der Waals surface area contributed by atoms with Crippen LogP contribution in [0.1, 0.15) is 30.0 Å². The topological polar surface area (TPSA) is 62.7 Å². The van der Waals surface area contributed by atoms with E-state index in [9.17, 15) is 9.90 Å². The van der Waals surface area contributed by atoms with Gasteiger partial charge in [0.15, 0.2) is 0 Å². The molecule has 2 aromatic carbocycles. The zero-order chi connectivity index (χ0) is 18.8. The standard InChI is InChI=1S/C22H22N2O3/c1-27-19-8-6-15(7-9-19)21(24-12-2-3-20(24)22(25)26)17-4-5-18-14-23-11-10-16(18)13-17/h4-11,13-14,20-21H,2-3,12H2,1H3,(H,25,26). The Hall–Kier alpha value is -2.92. The zero-order valence-electron chi connectivity index (χ0n) is 15.2. The van der Waals surface area contributed by atoms with Crippen LogP contribution < -0.4 is 4.74 Å². The number of hydrogen-bond acceptors (Lipinski definition) is 4. The van der Waals surface area contributed by atoms with Gasteiger partial charge >= 0.3 is 5.97 Å². The average molecular weight is 362 g/mol. The van der Waals surface area contributed by atoms with Gasteiger partial charge in [-0.15, -0.1) is 0 Å². The smallest absolute Gasteiger partial charge is 0.320 e. The number of fused-ring (bicyclic) bond motifs is 1. The molecule has 2 atom stereocenters. The minimum Gasteiger partial charge on any atom is -0.497 e. The van der Waals surface area contributed by atoms with E-state index in [0.29, 0.717) is 6.42 Å². The third-order valence-corrected chi connectivity index (χ3v) is 5.32. The largest absolute Gasteiger partial charge is 0.497 e. The number of aromatic nitrogens is 1. The van der Waals surface area contributed by atoms with Gasteiger partial charge in [0, 0.05) is 24.3 Å². The van der Waals surface area contributed by atoms with Crippen molar-refractivity contribution in [1.29, 1.82) is 0 Å². The number of ether oxygens (including phenoxy) is 1. The van der Waals surface area contributed by atoms with Gasteiger partial charge in [-0.3, -0.25) is 14.7 Å². The van der Waals surface area contributed by atoms with Gasteiger partial charge < -0.3 is 9.84 Å². The molecule has 1 aromatic heterocycles. The molecule has 1 aliphatic rings. The van der Waals surface area contributed by atoms with Crippen LogP contribution in [-0.4, -0.2) is 40.7 Å². The minimum atomic E-state index is -0.754. The van der Waals surface area contributed by atoms with Gasteiger partial charge in [-0.2, -0.15) is 0 Å². The number of carbonyl (C=O) groups is 1. The lowest BCUT2D eigenvalue weighted by Gasteiger charge is -2.32. The molecule has 5 heteroatoms.